The van der Waals surface area contributed by atoms with Crippen molar-refractivity contribution in [1.29, 1.82) is 0 Å². The predicted molar refractivity (Wildman–Crippen MR) is 106 cm³/mol. The number of nitrogens with zero attached hydrogens (tertiary/aromatic N) is 2. The first kappa shape index (κ1) is 22.5. The van der Waals surface area contributed by atoms with Crippen LogP contribution in [0, 0.1) is 0 Å². The summed E-state index contributed by atoms with van der Waals surface area (Å²) in [5, 5.41) is 2.88. The molecule has 1 aromatic carbocycles. The van der Waals surface area contributed by atoms with Gasteiger partial charge in [0, 0.05) is 39.0 Å². The molecule has 3 aliphatic heterocycles. The van der Waals surface area contributed by atoms with Crippen LogP contribution in [0.5, 0.6) is 11.5 Å². The summed E-state index contributed by atoms with van der Waals surface area (Å²) in [4.78, 5) is 27.9. The van der Waals surface area contributed by atoms with Crippen molar-refractivity contribution in [3.63, 3.8) is 0 Å². The quantitative estimate of drug-likeness (QED) is 0.754. The standard InChI is InChI=1S/C21H26F3N3O5/c1-30-17-3-2-13(21(22,23)24)10-18(17)32-14-4-7-26(8-5-14)20(29)27-9-6-16-15(11-27)25-19(28)12-31-16/h2-3,10,14-16H,4-9,11-12H2,1H3,(H,25,28)/t15-,16+/m1/s1. The highest BCUT2D eigenvalue weighted by Crippen LogP contribution is 2.37. The maximum Gasteiger partial charge on any atom is 0.416 e. The van der Waals surface area contributed by atoms with Crippen molar-refractivity contribution in [2.45, 2.75) is 43.7 Å². The molecule has 0 aromatic heterocycles. The Bertz CT molecular complexity index is 858. The van der Waals surface area contributed by atoms with Crippen molar-refractivity contribution >= 4 is 11.9 Å². The van der Waals surface area contributed by atoms with E-state index in [9.17, 15) is 22.8 Å². The van der Waals surface area contributed by atoms with E-state index >= 15 is 0 Å². The van der Waals surface area contributed by atoms with Crippen LogP contribution in [0.4, 0.5) is 18.0 Å². The third kappa shape index (κ3) is 4.87. The number of hydrogen-bond acceptors (Lipinski definition) is 5. The number of ether oxygens (including phenoxy) is 3. The molecular formula is C21H26F3N3O5. The van der Waals surface area contributed by atoms with E-state index < -0.39 is 11.7 Å². The fourth-order valence-electron chi connectivity index (χ4n) is 4.36. The van der Waals surface area contributed by atoms with E-state index in [1.54, 1.807) is 9.80 Å². The number of piperidine rings is 2. The number of fused-ring (bicyclic) bond motifs is 1. The largest absolute Gasteiger partial charge is 0.493 e. The van der Waals surface area contributed by atoms with Crippen molar-refractivity contribution in [1.82, 2.24) is 15.1 Å². The molecule has 4 rings (SSSR count). The first-order valence-corrected chi connectivity index (χ1v) is 10.6. The molecule has 2 atom stereocenters. The average Bonchev–Trinajstić information content (AvgIpc) is 2.78. The molecule has 32 heavy (non-hydrogen) atoms. The SMILES string of the molecule is COc1ccc(C(F)(F)F)cc1OC1CCN(C(=O)N2CC[C@@H]3OCC(=O)N[C@@H]3C2)CC1. The number of rotatable bonds is 3. The van der Waals surface area contributed by atoms with Crippen molar-refractivity contribution < 1.29 is 37.0 Å². The lowest BCUT2D eigenvalue weighted by Gasteiger charge is -2.43. The van der Waals surface area contributed by atoms with Crippen LogP contribution in [0.15, 0.2) is 18.2 Å². The van der Waals surface area contributed by atoms with Crippen LogP contribution in [0.25, 0.3) is 0 Å². The zero-order valence-electron chi connectivity index (χ0n) is 17.7. The van der Waals surface area contributed by atoms with Gasteiger partial charge in [0.25, 0.3) is 0 Å². The van der Waals surface area contributed by atoms with Gasteiger partial charge in [0.2, 0.25) is 5.91 Å². The summed E-state index contributed by atoms with van der Waals surface area (Å²) in [5.74, 6) is 0.0990. The van der Waals surface area contributed by atoms with E-state index in [4.69, 9.17) is 14.2 Å². The summed E-state index contributed by atoms with van der Waals surface area (Å²) in [6.07, 6.45) is -3.23. The second-order valence-electron chi connectivity index (χ2n) is 8.21. The number of likely N-dealkylation sites (tertiary alicyclic amines) is 2. The number of amides is 3. The van der Waals surface area contributed by atoms with E-state index in [0.29, 0.717) is 45.4 Å². The van der Waals surface area contributed by atoms with Crippen LogP contribution in [-0.2, 0) is 15.7 Å². The van der Waals surface area contributed by atoms with E-state index in [1.165, 1.54) is 13.2 Å². The van der Waals surface area contributed by atoms with Crippen LogP contribution in [0.3, 0.4) is 0 Å². The molecule has 0 bridgehead atoms. The molecule has 0 saturated carbocycles. The molecule has 176 valence electrons. The number of benzene rings is 1. The molecule has 3 aliphatic rings. The molecule has 8 nitrogen and oxygen atoms in total. The molecule has 0 spiro atoms. The lowest BCUT2D eigenvalue weighted by Crippen LogP contribution is -2.62. The Kier molecular flexibility index (Phi) is 6.36. The van der Waals surface area contributed by atoms with Gasteiger partial charge >= 0.3 is 12.2 Å². The number of urea groups is 1. The normalized spacial score (nSPS) is 24.6. The average molecular weight is 457 g/mol. The Morgan fingerprint density at radius 2 is 1.84 bits per heavy atom. The van der Waals surface area contributed by atoms with E-state index in [-0.39, 0.29) is 48.3 Å². The first-order chi connectivity index (χ1) is 15.2. The third-order valence-corrected chi connectivity index (χ3v) is 6.09. The minimum absolute atomic E-state index is 0.0437. The van der Waals surface area contributed by atoms with Crippen molar-refractivity contribution in [2.24, 2.45) is 0 Å². The maximum absolute atomic E-state index is 13.0. The van der Waals surface area contributed by atoms with Gasteiger partial charge in [-0.1, -0.05) is 0 Å². The Morgan fingerprint density at radius 3 is 2.53 bits per heavy atom. The molecular weight excluding hydrogens is 431 g/mol. The molecule has 11 heteroatoms. The number of carbonyl (C=O) groups excluding carboxylic acids is 2. The van der Waals surface area contributed by atoms with Crippen LogP contribution < -0.4 is 14.8 Å². The number of hydrogen-bond donors (Lipinski definition) is 1. The second-order valence-corrected chi connectivity index (χ2v) is 8.21. The van der Waals surface area contributed by atoms with Gasteiger partial charge in [0.15, 0.2) is 11.5 Å². The monoisotopic (exact) mass is 457 g/mol. The Morgan fingerprint density at radius 1 is 1.12 bits per heavy atom. The number of nitrogens with one attached hydrogen (secondary N) is 1. The minimum atomic E-state index is -4.48. The molecule has 3 amide bonds. The lowest BCUT2D eigenvalue weighted by atomic mass is 10.0. The second kappa shape index (κ2) is 9.05. The summed E-state index contributed by atoms with van der Waals surface area (Å²) >= 11 is 0. The van der Waals surface area contributed by atoms with Gasteiger partial charge in [-0.05, 0) is 24.6 Å². The highest BCUT2D eigenvalue weighted by Gasteiger charge is 2.38. The number of methoxy groups -OCH3 is 1. The maximum atomic E-state index is 13.0. The zero-order valence-corrected chi connectivity index (χ0v) is 17.7. The Hall–Kier alpha value is -2.69. The Labute approximate surface area is 183 Å². The van der Waals surface area contributed by atoms with Crippen molar-refractivity contribution in [3.05, 3.63) is 23.8 Å². The smallest absolute Gasteiger partial charge is 0.416 e. The van der Waals surface area contributed by atoms with Gasteiger partial charge in [-0.15, -0.1) is 0 Å². The molecule has 0 unspecified atom stereocenters. The summed E-state index contributed by atoms with van der Waals surface area (Å²) in [7, 11) is 1.37. The summed E-state index contributed by atoms with van der Waals surface area (Å²) < 4.78 is 55.6. The van der Waals surface area contributed by atoms with Crippen LogP contribution in [0.1, 0.15) is 24.8 Å². The molecule has 1 N–H and O–H groups in total. The Balaban J connectivity index is 1.32. The molecule has 3 fully saturated rings. The molecule has 3 saturated heterocycles. The zero-order chi connectivity index (χ0) is 22.9. The van der Waals surface area contributed by atoms with Gasteiger partial charge in [0.1, 0.15) is 12.7 Å². The fraction of sp³-hybridized carbons (Fsp3) is 0.619. The van der Waals surface area contributed by atoms with E-state index in [1.807, 2.05) is 0 Å². The fourth-order valence-corrected chi connectivity index (χ4v) is 4.36. The summed E-state index contributed by atoms with van der Waals surface area (Å²) in [6.45, 7) is 1.86. The van der Waals surface area contributed by atoms with Crippen LogP contribution in [-0.4, -0.2) is 79.9 Å². The van der Waals surface area contributed by atoms with Crippen molar-refractivity contribution in [3.8, 4) is 11.5 Å². The van der Waals surface area contributed by atoms with E-state index in [0.717, 1.165) is 12.1 Å². The van der Waals surface area contributed by atoms with E-state index in [2.05, 4.69) is 5.32 Å². The number of halogens is 3. The molecule has 1 aromatic rings. The minimum Gasteiger partial charge on any atom is -0.493 e. The third-order valence-electron chi connectivity index (χ3n) is 6.09. The first-order valence-electron chi connectivity index (χ1n) is 10.6. The van der Waals surface area contributed by atoms with Gasteiger partial charge in [-0.3, -0.25) is 4.79 Å². The highest BCUT2D eigenvalue weighted by atomic mass is 19.4. The molecule has 0 radical (unpaired) electrons. The van der Waals surface area contributed by atoms with Gasteiger partial charge in [-0.25, -0.2) is 4.79 Å². The molecule has 3 heterocycles. The molecule has 0 aliphatic carbocycles. The van der Waals surface area contributed by atoms with Gasteiger partial charge < -0.3 is 29.3 Å². The number of alkyl halides is 3. The highest BCUT2D eigenvalue weighted by molar-refractivity contribution is 5.79. The summed E-state index contributed by atoms with van der Waals surface area (Å²) in [5.41, 5.74) is -0.803. The summed E-state index contributed by atoms with van der Waals surface area (Å²) in [6, 6.07) is 2.83. The van der Waals surface area contributed by atoms with Crippen LogP contribution in [0.2, 0.25) is 0 Å². The topological polar surface area (TPSA) is 80.3 Å². The number of morpholine rings is 1. The number of carbonyl (C=O) groups is 2. The van der Waals surface area contributed by atoms with Gasteiger partial charge in [0.05, 0.1) is 24.8 Å². The van der Waals surface area contributed by atoms with Crippen molar-refractivity contribution in [2.75, 3.05) is 39.9 Å². The predicted octanol–water partition coefficient (Wildman–Crippen LogP) is 2.27. The van der Waals surface area contributed by atoms with Crippen LogP contribution >= 0.6 is 0 Å². The lowest BCUT2D eigenvalue weighted by molar-refractivity contribution is -0.140. The van der Waals surface area contributed by atoms with Gasteiger partial charge in [-0.2, -0.15) is 13.2 Å².